The molecule has 0 spiro atoms. The second kappa shape index (κ2) is 6.52. The maximum absolute atomic E-state index is 11.7. The van der Waals surface area contributed by atoms with E-state index in [0.717, 1.165) is 60.6 Å². The second-order valence-electron chi connectivity index (χ2n) is 6.66. The van der Waals surface area contributed by atoms with Gasteiger partial charge in [-0.15, -0.1) is 0 Å². The van der Waals surface area contributed by atoms with Crippen LogP contribution in [0.3, 0.4) is 0 Å². The van der Waals surface area contributed by atoms with Gasteiger partial charge in [0.05, 0.1) is 6.61 Å². The highest BCUT2D eigenvalue weighted by molar-refractivity contribution is 6.05. The molecule has 0 bridgehead atoms. The van der Waals surface area contributed by atoms with E-state index in [1.165, 1.54) is 0 Å². The van der Waals surface area contributed by atoms with Crippen molar-refractivity contribution in [3.8, 4) is 5.75 Å². The van der Waals surface area contributed by atoms with Crippen LogP contribution < -0.4 is 4.74 Å². The summed E-state index contributed by atoms with van der Waals surface area (Å²) in [5.74, 6) is 1.73. The molecule has 0 saturated carbocycles. The minimum atomic E-state index is -1.15. The maximum atomic E-state index is 11.7. The van der Waals surface area contributed by atoms with Crippen molar-refractivity contribution >= 4 is 5.84 Å². The van der Waals surface area contributed by atoms with Crippen molar-refractivity contribution in [2.24, 2.45) is 4.99 Å². The zero-order valence-electron chi connectivity index (χ0n) is 14.6. The minimum Gasteiger partial charge on any atom is -0.494 e. The molecular formula is C21H24N2O2. The Balaban J connectivity index is 1.79. The highest BCUT2D eigenvalue weighted by Crippen LogP contribution is 2.44. The molecule has 1 atom stereocenters. The third-order valence-corrected chi connectivity index (χ3v) is 5.00. The molecule has 0 aromatic heterocycles. The number of unbranched alkanes of at least 4 members (excludes halogenated alkanes) is 1. The molecule has 0 fully saturated rings. The lowest BCUT2D eigenvalue weighted by Crippen LogP contribution is -2.47. The van der Waals surface area contributed by atoms with Gasteiger partial charge < -0.3 is 14.7 Å². The van der Waals surface area contributed by atoms with Crippen molar-refractivity contribution in [1.29, 1.82) is 0 Å². The van der Waals surface area contributed by atoms with E-state index in [-0.39, 0.29) is 0 Å². The van der Waals surface area contributed by atoms with Gasteiger partial charge in [0, 0.05) is 29.8 Å². The van der Waals surface area contributed by atoms with E-state index in [1.807, 2.05) is 53.4 Å². The molecule has 2 aromatic rings. The van der Waals surface area contributed by atoms with E-state index in [2.05, 4.69) is 6.92 Å². The van der Waals surface area contributed by atoms with Crippen LogP contribution in [0.25, 0.3) is 0 Å². The van der Waals surface area contributed by atoms with Crippen LogP contribution in [0, 0.1) is 0 Å². The third-order valence-electron chi connectivity index (χ3n) is 5.00. The smallest absolute Gasteiger partial charge is 0.193 e. The van der Waals surface area contributed by atoms with Crippen LogP contribution in [0.5, 0.6) is 5.75 Å². The summed E-state index contributed by atoms with van der Waals surface area (Å²) >= 11 is 0. The molecule has 1 N–H and O–H groups in total. The fraction of sp³-hybridized carbons (Fsp3) is 0.381. The first-order valence-corrected chi connectivity index (χ1v) is 9.13. The van der Waals surface area contributed by atoms with Crippen LogP contribution in [-0.2, 0) is 5.72 Å². The van der Waals surface area contributed by atoms with E-state index in [1.54, 1.807) is 0 Å². The zero-order chi connectivity index (χ0) is 17.3. The number of rotatable bonds is 5. The Hall–Kier alpha value is -2.33. The predicted molar refractivity (Wildman–Crippen MR) is 99.0 cm³/mol. The van der Waals surface area contributed by atoms with Gasteiger partial charge in [-0.1, -0.05) is 43.7 Å². The van der Waals surface area contributed by atoms with Crippen LogP contribution in [0.1, 0.15) is 42.9 Å². The Kier molecular flexibility index (Phi) is 4.22. The third kappa shape index (κ3) is 2.61. The van der Waals surface area contributed by atoms with Crippen LogP contribution in [0.4, 0.5) is 0 Å². The number of benzene rings is 2. The number of aliphatic imine (C=N–C) groups is 1. The largest absolute Gasteiger partial charge is 0.494 e. The molecule has 0 saturated heterocycles. The average Bonchev–Trinajstić information content (AvgIpc) is 2.93. The molecule has 0 aliphatic carbocycles. The van der Waals surface area contributed by atoms with Crippen molar-refractivity contribution < 1.29 is 9.84 Å². The van der Waals surface area contributed by atoms with Crippen LogP contribution in [-0.4, -0.2) is 35.5 Å². The molecule has 2 aliphatic rings. The summed E-state index contributed by atoms with van der Waals surface area (Å²) < 4.78 is 5.87. The number of fused-ring (bicyclic) bond motifs is 3. The Morgan fingerprint density at radius 1 is 1.20 bits per heavy atom. The topological polar surface area (TPSA) is 45.1 Å². The van der Waals surface area contributed by atoms with Crippen molar-refractivity contribution in [3.05, 3.63) is 65.2 Å². The molecule has 4 nitrogen and oxygen atoms in total. The zero-order valence-corrected chi connectivity index (χ0v) is 14.6. The summed E-state index contributed by atoms with van der Waals surface area (Å²) in [6, 6.07) is 15.8. The SMILES string of the molecule is CCCCOc1ccc2c(c1)C1=NCCCN1C2(O)c1ccccc1. The highest BCUT2D eigenvalue weighted by atomic mass is 16.5. The normalized spacial score (nSPS) is 21.5. The number of aliphatic hydroxyl groups is 1. The van der Waals surface area contributed by atoms with Gasteiger partial charge in [0.15, 0.2) is 5.72 Å². The van der Waals surface area contributed by atoms with Gasteiger partial charge in [-0.3, -0.25) is 4.99 Å². The summed E-state index contributed by atoms with van der Waals surface area (Å²) in [7, 11) is 0. The Morgan fingerprint density at radius 3 is 2.84 bits per heavy atom. The van der Waals surface area contributed by atoms with Crippen molar-refractivity contribution in [2.75, 3.05) is 19.7 Å². The van der Waals surface area contributed by atoms with Gasteiger partial charge in [0.2, 0.25) is 0 Å². The van der Waals surface area contributed by atoms with Gasteiger partial charge in [-0.2, -0.15) is 0 Å². The van der Waals surface area contributed by atoms with Gasteiger partial charge >= 0.3 is 0 Å². The molecule has 1 unspecified atom stereocenters. The molecule has 130 valence electrons. The first-order valence-electron chi connectivity index (χ1n) is 9.13. The Labute approximate surface area is 148 Å². The molecule has 4 rings (SSSR count). The number of ether oxygens (including phenoxy) is 1. The quantitative estimate of drug-likeness (QED) is 0.850. The van der Waals surface area contributed by atoms with E-state index < -0.39 is 5.72 Å². The lowest BCUT2D eigenvalue weighted by molar-refractivity contribution is -0.0317. The van der Waals surface area contributed by atoms with E-state index in [0.29, 0.717) is 6.61 Å². The molecule has 0 amide bonds. The summed E-state index contributed by atoms with van der Waals surface area (Å²) in [6.07, 6.45) is 3.10. The maximum Gasteiger partial charge on any atom is 0.193 e. The summed E-state index contributed by atoms with van der Waals surface area (Å²) in [5, 5.41) is 11.7. The fourth-order valence-corrected chi connectivity index (χ4v) is 3.71. The summed E-state index contributed by atoms with van der Waals surface area (Å²) in [5.41, 5.74) is 1.60. The molecule has 0 radical (unpaired) electrons. The summed E-state index contributed by atoms with van der Waals surface area (Å²) in [4.78, 5) is 6.75. The van der Waals surface area contributed by atoms with Crippen LogP contribution in [0.15, 0.2) is 53.5 Å². The van der Waals surface area contributed by atoms with Crippen molar-refractivity contribution in [3.63, 3.8) is 0 Å². The van der Waals surface area contributed by atoms with Gasteiger partial charge in [0.25, 0.3) is 0 Å². The molecule has 4 heteroatoms. The van der Waals surface area contributed by atoms with Crippen LogP contribution >= 0.6 is 0 Å². The standard InChI is InChI=1S/C21H24N2O2/c1-2-3-14-25-17-10-11-19-18(15-17)20-22-12-7-13-23(20)21(19,24)16-8-5-4-6-9-16/h4-6,8-11,15,24H,2-3,7,12-14H2,1H3. The van der Waals surface area contributed by atoms with E-state index in [4.69, 9.17) is 9.73 Å². The highest BCUT2D eigenvalue weighted by Gasteiger charge is 2.49. The number of hydrogen-bond donors (Lipinski definition) is 1. The molecular weight excluding hydrogens is 312 g/mol. The molecule has 25 heavy (non-hydrogen) atoms. The Bertz CT molecular complexity index is 788. The minimum absolute atomic E-state index is 0.717. The van der Waals surface area contributed by atoms with Crippen molar-refractivity contribution in [2.45, 2.75) is 31.9 Å². The predicted octanol–water partition coefficient (Wildman–Crippen LogP) is 3.52. The lowest BCUT2D eigenvalue weighted by Gasteiger charge is -2.37. The first kappa shape index (κ1) is 16.2. The molecule has 2 aliphatic heterocycles. The van der Waals surface area contributed by atoms with Crippen LogP contribution in [0.2, 0.25) is 0 Å². The Morgan fingerprint density at radius 2 is 2.04 bits per heavy atom. The fourth-order valence-electron chi connectivity index (χ4n) is 3.71. The summed E-state index contributed by atoms with van der Waals surface area (Å²) in [6.45, 7) is 4.47. The number of amidine groups is 1. The van der Waals surface area contributed by atoms with Crippen molar-refractivity contribution in [1.82, 2.24) is 4.90 Å². The average molecular weight is 336 g/mol. The number of hydrogen-bond acceptors (Lipinski definition) is 4. The van der Waals surface area contributed by atoms with E-state index in [9.17, 15) is 5.11 Å². The second-order valence-corrected chi connectivity index (χ2v) is 6.66. The van der Waals surface area contributed by atoms with E-state index >= 15 is 0 Å². The van der Waals surface area contributed by atoms with Gasteiger partial charge in [0.1, 0.15) is 11.6 Å². The molecule has 2 heterocycles. The monoisotopic (exact) mass is 336 g/mol. The molecule has 2 aromatic carbocycles. The number of nitrogens with zero attached hydrogens (tertiary/aromatic N) is 2. The van der Waals surface area contributed by atoms with Gasteiger partial charge in [-0.05, 0) is 31.0 Å². The first-order chi connectivity index (χ1) is 12.2. The lowest BCUT2D eigenvalue weighted by atomic mass is 9.93. The van der Waals surface area contributed by atoms with Gasteiger partial charge in [-0.25, -0.2) is 0 Å².